The van der Waals surface area contributed by atoms with Gasteiger partial charge in [0, 0.05) is 30.7 Å². The molecule has 1 aromatic heterocycles. The van der Waals surface area contributed by atoms with E-state index in [4.69, 9.17) is 0 Å². The van der Waals surface area contributed by atoms with Gasteiger partial charge in [-0.2, -0.15) is 0 Å². The molecule has 0 atom stereocenters. The number of benzene rings is 2. The number of hydrogen-bond donors (Lipinski definition) is 2. The molecule has 2 N–H and O–H groups in total. The minimum atomic E-state index is -1.08. The lowest BCUT2D eigenvalue weighted by Gasteiger charge is -2.09. The molecule has 0 spiro atoms. The molecule has 0 saturated heterocycles. The predicted octanol–water partition coefficient (Wildman–Crippen LogP) is 2.53. The smallest absolute Gasteiger partial charge is 0.335 e. The number of aryl methyl sites for hydroxylation is 1. The number of aromatic carboxylic acids is 1. The fourth-order valence-electron chi connectivity index (χ4n) is 2.71. The van der Waals surface area contributed by atoms with Crippen molar-refractivity contribution in [3.05, 3.63) is 83.4 Å². The molecule has 1 amide bonds. The molecule has 0 saturated carbocycles. The lowest BCUT2D eigenvalue weighted by molar-refractivity contribution is -0.115. The van der Waals surface area contributed by atoms with Crippen molar-refractivity contribution in [3.8, 4) is 0 Å². The lowest BCUT2D eigenvalue weighted by Crippen LogP contribution is -2.17. The lowest BCUT2D eigenvalue weighted by atomic mass is 10.0. The van der Waals surface area contributed by atoms with Crippen LogP contribution in [0.5, 0.6) is 0 Å². The molecule has 0 fully saturated rings. The minimum Gasteiger partial charge on any atom is -0.478 e. The van der Waals surface area contributed by atoms with E-state index in [1.165, 1.54) is 6.07 Å². The van der Waals surface area contributed by atoms with Gasteiger partial charge in [0.05, 0.1) is 12.0 Å². The van der Waals surface area contributed by atoms with E-state index in [1.54, 1.807) is 66.5 Å². The number of hydrogen-bond acceptors (Lipinski definition) is 4. The maximum absolute atomic E-state index is 12.5. The summed E-state index contributed by atoms with van der Waals surface area (Å²) in [5.41, 5.74) is 1.36. The van der Waals surface area contributed by atoms with E-state index in [0.29, 0.717) is 22.6 Å². The maximum Gasteiger partial charge on any atom is 0.335 e. The Morgan fingerprint density at radius 3 is 2.59 bits per heavy atom. The van der Waals surface area contributed by atoms with Gasteiger partial charge in [0.15, 0.2) is 5.82 Å². The van der Waals surface area contributed by atoms with E-state index in [0.717, 1.165) is 0 Å². The van der Waals surface area contributed by atoms with Gasteiger partial charge in [-0.15, -0.1) is 0 Å². The Labute approximate surface area is 155 Å². The Morgan fingerprint density at radius 1 is 1.11 bits per heavy atom. The van der Waals surface area contributed by atoms with Crippen LogP contribution in [0.2, 0.25) is 0 Å². The molecule has 136 valence electrons. The van der Waals surface area contributed by atoms with E-state index in [2.05, 4.69) is 10.3 Å². The van der Waals surface area contributed by atoms with E-state index in [9.17, 15) is 19.5 Å². The van der Waals surface area contributed by atoms with Gasteiger partial charge in [-0.05, 0) is 23.8 Å². The monoisotopic (exact) mass is 363 g/mol. The van der Waals surface area contributed by atoms with Crippen LogP contribution in [0.4, 0.5) is 5.69 Å². The third-order valence-electron chi connectivity index (χ3n) is 4.03. The van der Waals surface area contributed by atoms with Gasteiger partial charge in [0.1, 0.15) is 0 Å². The van der Waals surface area contributed by atoms with Gasteiger partial charge in [0.2, 0.25) is 11.7 Å². The summed E-state index contributed by atoms with van der Waals surface area (Å²) in [6, 6.07) is 12.9. The van der Waals surface area contributed by atoms with Crippen LogP contribution in [0.3, 0.4) is 0 Å². The van der Waals surface area contributed by atoms with Crippen molar-refractivity contribution < 1.29 is 19.5 Å². The second-order valence-corrected chi connectivity index (χ2v) is 5.96. The van der Waals surface area contributed by atoms with Crippen LogP contribution in [0.25, 0.3) is 0 Å². The highest BCUT2D eigenvalue weighted by Gasteiger charge is 2.16. The first-order valence-corrected chi connectivity index (χ1v) is 8.19. The Balaban J connectivity index is 1.75. The second kappa shape index (κ2) is 7.65. The van der Waals surface area contributed by atoms with Crippen LogP contribution in [0.15, 0.2) is 60.9 Å². The summed E-state index contributed by atoms with van der Waals surface area (Å²) in [6.45, 7) is 0. The molecular formula is C20H17N3O4. The standard InChI is InChI=1S/C20H17N3O4/c1-23-10-9-21-19(23)18(25)14-6-4-7-15(11-14)22-17(24)12-13-5-2-3-8-16(13)20(26)27/h2-11H,12H2,1H3,(H,22,24)(H,26,27). The van der Waals surface area contributed by atoms with Crippen molar-refractivity contribution in [2.75, 3.05) is 5.32 Å². The van der Waals surface area contributed by atoms with Gasteiger partial charge in [0.25, 0.3) is 0 Å². The Morgan fingerprint density at radius 2 is 1.89 bits per heavy atom. The van der Waals surface area contributed by atoms with Crippen molar-refractivity contribution in [3.63, 3.8) is 0 Å². The molecule has 2 aromatic carbocycles. The number of ketones is 1. The van der Waals surface area contributed by atoms with Gasteiger partial charge in [-0.25, -0.2) is 9.78 Å². The molecule has 3 rings (SSSR count). The van der Waals surface area contributed by atoms with Gasteiger partial charge < -0.3 is 15.0 Å². The number of aromatic nitrogens is 2. The van der Waals surface area contributed by atoms with E-state index in [1.807, 2.05) is 0 Å². The quantitative estimate of drug-likeness (QED) is 0.656. The molecular weight excluding hydrogens is 346 g/mol. The zero-order valence-corrected chi connectivity index (χ0v) is 14.5. The Hall–Kier alpha value is -3.74. The second-order valence-electron chi connectivity index (χ2n) is 5.96. The van der Waals surface area contributed by atoms with Crippen LogP contribution >= 0.6 is 0 Å². The van der Waals surface area contributed by atoms with Gasteiger partial charge in [-0.3, -0.25) is 9.59 Å². The third-order valence-corrected chi connectivity index (χ3v) is 4.03. The van der Waals surface area contributed by atoms with Crippen molar-refractivity contribution in [2.45, 2.75) is 6.42 Å². The molecule has 7 nitrogen and oxygen atoms in total. The summed E-state index contributed by atoms with van der Waals surface area (Å²) in [5.74, 6) is -1.41. The number of amides is 1. The summed E-state index contributed by atoms with van der Waals surface area (Å²) >= 11 is 0. The fraction of sp³-hybridized carbons (Fsp3) is 0.100. The van der Waals surface area contributed by atoms with Crippen LogP contribution in [0.1, 0.15) is 32.1 Å². The number of carboxylic acid groups (broad SMARTS) is 1. The third kappa shape index (κ3) is 4.09. The molecule has 0 aliphatic carbocycles. The van der Waals surface area contributed by atoms with Crippen LogP contribution in [0, 0.1) is 0 Å². The highest BCUT2D eigenvalue weighted by atomic mass is 16.4. The summed E-state index contributed by atoms with van der Waals surface area (Å²) in [5, 5.41) is 11.9. The summed E-state index contributed by atoms with van der Waals surface area (Å²) in [4.78, 5) is 40.1. The van der Waals surface area contributed by atoms with Crippen LogP contribution in [-0.4, -0.2) is 32.3 Å². The average Bonchev–Trinajstić information content (AvgIpc) is 3.07. The predicted molar refractivity (Wildman–Crippen MR) is 98.8 cm³/mol. The van der Waals surface area contributed by atoms with Gasteiger partial charge >= 0.3 is 5.97 Å². The highest BCUT2D eigenvalue weighted by Crippen LogP contribution is 2.16. The molecule has 0 aliphatic heterocycles. The molecule has 0 aliphatic rings. The van der Waals surface area contributed by atoms with E-state index in [-0.39, 0.29) is 23.7 Å². The molecule has 27 heavy (non-hydrogen) atoms. The molecule has 0 unspecified atom stereocenters. The number of anilines is 1. The van der Waals surface area contributed by atoms with Crippen molar-refractivity contribution in [1.82, 2.24) is 9.55 Å². The molecule has 3 aromatic rings. The number of carbonyl (C=O) groups excluding carboxylic acids is 2. The Kier molecular flexibility index (Phi) is 5.12. The first-order chi connectivity index (χ1) is 13.0. The van der Waals surface area contributed by atoms with Crippen molar-refractivity contribution >= 4 is 23.3 Å². The molecule has 1 heterocycles. The first kappa shape index (κ1) is 18.1. The van der Waals surface area contributed by atoms with Crippen LogP contribution < -0.4 is 5.32 Å². The summed E-state index contributed by atoms with van der Waals surface area (Å²) < 4.78 is 1.62. The van der Waals surface area contributed by atoms with Crippen molar-refractivity contribution in [1.29, 1.82) is 0 Å². The van der Waals surface area contributed by atoms with E-state index >= 15 is 0 Å². The summed E-state index contributed by atoms with van der Waals surface area (Å²) in [7, 11) is 1.73. The van der Waals surface area contributed by atoms with E-state index < -0.39 is 5.97 Å². The normalized spacial score (nSPS) is 10.4. The molecule has 0 bridgehead atoms. The van der Waals surface area contributed by atoms with Crippen molar-refractivity contribution in [2.24, 2.45) is 7.05 Å². The van der Waals surface area contributed by atoms with Crippen LogP contribution in [-0.2, 0) is 18.3 Å². The SMILES string of the molecule is Cn1ccnc1C(=O)c1cccc(NC(=O)Cc2ccccc2C(=O)O)c1. The highest BCUT2D eigenvalue weighted by molar-refractivity contribution is 6.07. The first-order valence-electron chi connectivity index (χ1n) is 8.19. The minimum absolute atomic E-state index is 0.0833. The summed E-state index contributed by atoms with van der Waals surface area (Å²) in [6.07, 6.45) is 3.14. The Bertz CT molecular complexity index is 1020. The molecule has 7 heteroatoms. The average molecular weight is 363 g/mol. The zero-order valence-electron chi connectivity index (χ0n) is 14.5. The zero-order chi connectivity index (χ0) is 19.4. The largest absolute Gasteiger partial charge is 0.478 e. The topological polar surface area (TPSA) is 101 Å². The number of rotatable bonds is 6. The molecule has 0 radical (unpaired) electrons. The maximum atomic E-state index is 12.5. The number of imidazole rings is 1. The number of carbonyl (C=O) groups is 3. The number of carboxylic acids is 1. The van der Waals surface area contributed by atoms with Gasteiger partial charge in [-0.1, -0.05) is 30.3 Å². The fourth-order valence-corrected chi connectivity index (χ4v) is 2.71. The number of nitrogens with zero attached hydrogens (tertiary/aromatic N) is 2. The number of nitrogens with one attached hydrogen (secondary N) is 1.